The highest BCUT2D eigenvalue weighted by Crippen LogP contribution is 2.29. The molecule has 1 atom stereocenters. The summed E-state index contributed by atoms with van der Waals surface area (Å²) >= 11 is 0. The molecule has 2 aromatic rings. The van der Waals surface area contributed by atoms with E-state index in [0.29, 0.717) is 12.2 Å². The molecular formula is C21H27ClN4O4. The highest BCUT2D eigenvalue weighted by molar-refractivity contribution is 6.15. The zero-order valence-corrected chi connectivity index (χ0v) is 18.3. The van der Waals surface area contributed by atoms with E-state index >= 15 is 0 Å². The molecule has 0 aliphatic carbocycles. The van der Waals surface area contributed by atoms with Gasteiger partial charge in [-0.25, -0.2) is 0 Å². The number of nitro benzene ring substituents is 1. The molecule has 2 N–H and O–H groups in total. The Labute approximate surface area is 182 Å². The molecule has 8 nitrogen and oxygen atoms in total. The van der Waals surface area contributed by atoms with Gasteiger partial charge < -0.3 is 15.5 Å². The van der Waals surface area contributed by atoms with Crippen molar-refractivity contribution in [2.24, 2.45) is 0 Å². The van der Waals surface area contributed by atoms with Crippen LogP contribution in [0.1, 0.15) is 40.1 Å². The van der Waals surface area contributed by atoms with Crippen LogP contribution in [0.3, 0.4) is 0 Å². The molecule has 0 unspecified atom stereocenters. The number of nitrogens with zero attached hydrogens (tertiary/aromatic N) is 2. The number of hydrogen-bond donors (Lipinski definition) is 2. The summed E-state index contributed by atoms with van der Waals surface area (Å²) in [6.45, 7) is 5.13. The fourth-order valence-corrected chi connectivity index (χ4v) is 2.99. The molecule has 0 saturated heterocycles. The van der Waals surface area contributed by atoms with Crippen LogP contribution in [0.5, 0.6) is 0 Å². The number of hydrogen-bond acceptors (Lipinski definition) is 6. The van der Waals surface area contributed by atoms with Crippen LogP contribution in [0, 0.1) is 10.1 Å². The molecule has 0 heterocycles. The van der Waals surface area contributed by atoms with Gasteiger partial charge in [0.2, 0.25) is 0 Å². The zero-order chi connectivity index (χ0) is 21.6. The third-order valence-corrected chi connectivity index (χ3v) is 4.45. The van der Waals surface area contributed by atoms with E-state index in [-0.39, 0.29) is 46.7 Å². The molecule has 0 fully saturated rings. The van der Waals surface area contributed by atoms with Crippen molar-refractivity contribution < 1.29 is 14.5 Å². The summed E-state index contributed by atoms with van der Waals surface area (Å²) in [5.74, 6) is -0.804. The zero-order valence-electron chi connectivity index (χ0n) is 17.5. The maximum absolute atomic E-state index is 13.0. The minimum absolute atomic E-state index is 0. The van der Waals surface area contributed by atoms with Gasteiger partial charge in [0.25, 0.3) is 11.6 Å². The lowest BCUT2D eigenvalue weighted by Gasteiger charge is -2.15. The lowest BCUT2D eigenvalue weighted by molar-refractivity contribution is -0.384. The summed E-state index contributed by atoms with van der Waals surface area (Å²) in [7, 11) is 3.38. The Morgan fingerprint density at radius 1 is 1.13 bits per heavy atom. The lowest BCUT2D eigenvalue weighted by Crippen LogP contribution is -2.39. The lowest BCUT2D eigenvalue weighted by atomic mass is 9.97. The molecule has 0 spiro atoms. The molecule has 2 aromatic carbocycles. The van der Waals surface area contributed by atoms with Crippen molar-refractivity contribution in [2.75, 3.05) is 32.1 Å². The molecule has 0 radical (unpaired) electrons. The first-order valence-electron chi connectivity index (χ1n) is 9.37. The third-order valence-electron chi connectivity index (χ3n) is 4.45. The van der Waals surface area contributed by atoms with E-state index in [9.17, 15) is 19.7 Å². The van der Waals surface area contributed by atoms with Gasteiger partial charge in [0.05, 0.1) is 10.5 Å². The van der Waals surface area contributed by atoms with Gasteiger partial charge in [0, 0.05) is 43.9 Å². The van der Waals surface area contributed by atoms with E-state index in [1.807, 2.05) is 13.8 Å². The van der Waals surface area contributed by atoms with Crippen LogP contribution in [-0.4, -0.2) is 49.8 Å². The summed E-state index contributed by atoms with van der Waals surface area (Å²) in [6, 6.07) is 10.9. The van der Waals surface area contributed by atoms with Crippen LogP contribution in [0.4, 0.5) is 11.4 Å². The van der Waals surface area contributed by atoms with Gasteiger partial charge in [-0.3, -0.25) is 19.7 Å². The van der Waals surface area contributed by atoms with Crippen LogP contribution in [0.2, 0.25) is 0 Å². The van der Waals surface area contributed by atoms with Crippen LogP contribution in [0.25, 0.3) is 0 Å². The first-order chi connectivity index (χ1) is 13.8. The van der Waals surface area contributed by atoms with Gasteiger partial charge in [0.1, 0.15) is 5.69 Å². The van der Waals surface area contributed by atoms with Crippen molar-refractivity contribution in [1.82, 2.24) is 10.6 Å². The minimum atomic E-state index is -0.521. The number of ketones is 1. The molecule has 9 heteroatoms. The SMILES string of the molecule is CCN[C@H](C)CNC(=O)c1ccccc1C(=O)c1ccc(N(C)C)c([N+](=O)[O-])c1.Cl. The average Bonchev–Trinajstić information content (AvgIpc) is 2.71. The highest BCUT2D eigenvalue weighted by atomic mass is 35.5. The number of rotatable bonds is 9. The molecule has 0 aliphatic heterocycles. The first kappa shape index (κ1) is 25.1. The number of carbonyl (C=O) groups is 2. The molecule has 0 bridgehead atoms. The van der Waals surface area contributed by atoms with Gasteiger partial charge >= 0.3 is 0 Å². The Balaban J connectivity index is 0.00000450. The predicted molar refractivity (Wildman–Crippen MR) is 120 cm³/mol. The normalized spacial score (nSPS) is 11.2. The maximum Gasteiger partial charge on any atom is 0.293 e. The van der Waals surface area contributed by atoms with E-state index in [1.165, 1.54) is 18.2 Å². The highest BCUT2D eigenvalue weighted by Gasteiger charge is 2.22. The number of nitrogens with one attached hydrogen (secondary N) is 2. The molecular weight excluding hydrogens is 408 g/mol. The van der Waals surface area contributed by atoms with Gasteiger partial charge in [-0.05, 0) is 31.7 Å². The first-order valence-corrected chi connectivity index (χ1v) is 9.37. The third kappa shape index (κ3) is 6.01. The summed E-state index contributed by atoms with van der Waals surface area (Å²) in [5, 5.41) is 17.4. The number of halogens is 1. The summed E-state index contributed by atoms with van der Waals surface area (Å²) < 4.78 is 0. The quantitative estimate of drug-likeness (QED) is 0.357. The standard InChI is InChI=1S/C21H26N4O4.ClH/c1-5-22-14(2)13-23-21(27)17-9-7-6-8-16(17)20(26)15-10-11-18(24(3)4)19(12-15)25(28)29;/h6-12,14,22H,5,13H2,1-4H3,(H,23,27);1H/t14-;/m1./s1. The minimum Gasteiger partial charge on any atom is -0.372 e. The molecule has 0 aromatic heterocycles. The van der Waals surface area contributed by atoms with E-state index in [4.69, 9.17) is 0 Å². The van der Waals surface area contributed by atoms with Crippen LogP contribution in [0.15, 0.2) is 42.5 Å². The Morgan fingerprint density at radius 2 is 1.77 bits per heavy atom. The second-order valence-electron chi connectivity index (χ2n) is 6.90. The van der Waals surface area contributed by atoms with Crippen molar-refractivity contribution in [2.45, 2.75) is 19.9 Å². The number of amides is 1. The summed E-state index contributed by atoms with van der Waals surface area (Å²) in [6.07, 6.45) is 0. The second kappa shape index (κ2) is 11.3. The van der Waals surface area contributed by atoms with Gasteiger partial charge in [-0.2, -0.15) is 0 Å². The summed E-state index contributed by atoms with van der Waals surface area (Å²) in [4.78, 5) is 38.2. The van der Waals surface area contributed by atoms with Crippen LogP contribution < -0.4 is 15.5 Å². The van der Waals surface area contributed by atoms with Crippen LogP contribution in [-0.2, 0) is 0 Å². The number of anilines is 1. The Bertz CT molecular complexity index is 918. The average molecular weight is 435 g/mol. The smallest absolute Gasteiger partial charge is 0.293 e. The van der Waals surface area contributed by atoms with Crippen molar-refractivity contribution in [3.8, 4) is 0 Å². The molecule has 1 amide bonds. The van der Waals surface area contributed by atoms with Crippen molar-refractivity contribution in [1.29, 1.82) is 0 Å². The predicted octanol–water partition coefficient (Wildman–Crippen LogP) is 3.04. The number of nitro groups is 1. The molecule has 30 heavy (non-hydrogen) atoms. The van der Waals surface area contributed by atoms with Crippen molar-refractivity contribution in [3.05, 3.63) is 69.3 Å². The van der Waals surface area contributed by atoms with E-state index < -0.39 is 10.7 Å². The number of carbonyl (C=O) groups excluding carboxylic acids is 2. The van der Waals surface area contributed by atoms with E-state index in [1.54, 1.807) is 43.3 Å². The second-order valence-corrected chi connectivity index (χ2v) is 6.90. The van der Waals surface area contributed by atoms with Crippen LogP contribution >= 0.6 is 12.4 Å². The van der Waals surface area contributed by atoms with Gasteiger partial charge in [-0.1, -0.05) is 25.1 Å². The monoisotopic (exact) mass is 434 g/mol. The van der Waals surface area contributed by atoms with Crippen molar-refractivity contribution >= 4 is 35.5 Å². The Morgan fingerprint density at radius 3 is 2.33 bits per heavy atom. The van der Waals surface area contributed by atoms with E-state index in [0.717, 1.165) is 6.54 Å². The number of benzene rings is 2. The maximum atomic E-state index is 13.0. The summed E-state index contributed by atoms with van der Waals surface area (Å²) in [5.41, 5.74) is 0.828. The van der Waals surface area contributed by atoms with Gasteiger partial charge in [-0.15, -0.1) is 12.4 Å². The fourth-order valence-electron chi connectivity index (χ4n) is 2.99. The fraction of sp³-hybridized carbons (Fsp3) is 0.333. The van der Waals surface area contributed by atoms with E-state index in [2.05, 4.69) is 10.6 Å². The van der Waals surface area contributed by atoms with Gasteiger partial charge in [0.15, 0.2) is 5.78 Å². The Kier molecular flexibility index (Phi) is 9.42. The Hall–Kier alpha value is -2.97. The number of likely N-dealkylation sites (N-methyl/N-ethyl adjacent to an activating group) is 1. The molecule has 0 aliphatic rings. The topological polar surface area (TPSA) is 105 Å². The molecule has 162 valence electrons. The largest absolute Gasteiger partial charge is 0.372 e. The molecule has 0 saturated carbocycles. The molecule has 2 rings (SSSR count). The van der Waals surface area contributed by atoms with Crippen molar-refractivity contribution in [3.63, 3.8) is 0 Å².